The fraction of sp³-hybridized carbons (Fsp3) is 0.625. The molecule has 0 bridgehead atoms. The number of halogens is 2. The van der Waals surface area contributed by atoms with Crippen molar-refractivity contribution in [1.29, 1.82) is 0 Å². The highest BCUT2D eigenvalue weighted by atomic mass is 32.2. The molecule has 4 rings (SSSR count). The first-order valence-corrected chi connectivity index (χ1v) is 15.2. The molecule has 2 fully saturated rings. The van der Waals surface area contributed by atoms with Crippen molar-refractivity contribution in [3.8, 4) is 0 Å². The third-order valence-corrected chi connectivity index (χ3v) is 7.70. The van der Waals surface area contributed by atoms with Crippen LogP contribution in [0.4, 0.5) is 20.4 Å². The summed E-state index contributed by atoms with van der Waals surface area (Å²) in [6.07, 6.45) is 4.13. The molecule has 0 aromatic carbocycles. The summed E-state index contributed by atoms with van der Waals surface area (Å²) in [4.78, 5) is 41.1. The van der Waals surface area contributed by atoms with Crippen LogP contribution < -0.4 is 28.6 Å². The fourth-order valence-corrected chi connectivity index (χ4v) is 5.25. The Hall–Kier alpha value is -2.77. The van der Waals surface area contributed by atoms with Crippen LogP contribution in [0.3, 0.4) is 0 Å². The Labute approximate surface area is 249 Å². The number of nitrogen functional groups attached to an aromatic ring is 2. The largest absolute Gasteiger partial charge is 0.462 e. The van der Waals surface area contributed by atoms with Gasteiger partial charge in [0.1, 0.15) is 29.9 Å². The Balaban J connectivity index is 0.000000259. The lowest BCUT2D eigenvalue weighted by Gasteiger charge is -2.15. The number of aromatic nitrogens is 4. The number of aliphatic hydroxyl groups is 1. The van der Waals surface area contributed by atoms with Gasteiger partial charge in [-0.25, -0.2) is 18.4 Å². The van der Waals surface area contributed by atoms with E-state index in [4.69, 9.17) is 36.5 Å². The van der Waals surface area contributed by atoms with Gasteiger partial charge in [0.05, 0.1) is 19.0 Å². The predicted molar refractivity (Wildman–Crippen MR) is 155 cm³/mol. The van der Waals surface area contributed by atoms with Crippen molar-refractivity contribution in [2.45, 2.75) is 62.9 Å². The van der Waals surface area contributed by atoms with Crippen molar-refractivity contribution >= 4 is 41.1 Å². The second kappa shape index (κ2) is 18.0. The molecule has 236 valence electrons. The minimum atomic E-state index is -0.777. The summed E-state index contributed by atoms with van der Waals surface area (Å²) in [7, 11) is 0. The van der Waals surface area contributed by atoms with Crippen LogP contribution in [0.5, 0.6) is 0 Å². The van der Waals surface area contributed by atoms with E-state index in [0.717, 1.165) is 28.1 Å². The van der Waals surface area contributed by atoms with Crippen molar-refractivity contribution in [3.63, 3.8) is 0 Å². The molecule has 18 heteroatoms. The van der Waals surface area contributed by atoms with E-state index in [-0.39, 0.29) is 24.6 Å². The standard InChI is InChI=1S/C12H16FN3O4S.C8H10FN3O3S.C4H11N/c1-2-3-9(17)19-5-10-20-8(6-21-10)16-4-7(13)11(14)15-12(16)18;9-4-1-12(8(14)11-7(4)10)5-3-16-6(2-13)15-5;1-2-3-4-5/h4,8,10H,2-3,5-6H2,1H3,(H2,14,15,18);1,5-6,13H,2-3H2,(H2,10,11,14);2-5H2,1H3/t8?,10-;5?,6-;/m11./s1. The Morgan fingerprint density at radius 2 is 1.50 bits per heavy atom. The lowest BCUT2D eigenvalue weighted by Crippen LogP contribution is -2.30. The number of carbonyl (C=O) groups is 1. The maximum atomic E-state index is 13.4. The number of hydrogen-bond acceptors (Lipinski definition) is 14. The second-order valence-corrected chi connectivity index (χ2v) is 11.2. The Morgan fingerprint density at radius 1 is 1.00 bits per heavy atom. The Morgan fingerprint density at radius 3 is 1.90 bits per heavy atom. The van der Waals surface area contributed by atoms with E-state index in [1.807, 2.05) is 6.92 Å². The molecule has 0 amide bonds. The topological polar surface area (TPSA) is 213 Å². The van der Waals surface area contributed by atoms with E-state index >= 15 is 0 Å². The minimum absolute atomic E-state index is 0.0969. The van der Waals surface area contributed by atoms with E-state index in [0.29, 0.717) is 24.3 Å². The first-order chi connectivity index (χ1) is 20.0. The van der Waals surface area contributed by atoms with Crippen LogP contribution in [0, 0.1) is 11.6 Å². The molecule has 2 saturated heterocycles. The van der Waals surface area contributed by atoms with Gasteiger partial charge in [0.2, 0.25) is 0 Å². The molecule has 42 heavy (non-hydrogen) atoms. The van der Waals surface area contributed by atoms with Crippen LogP contribution in [0.2, 0.25) is 0 Å². The van der Waals surface area contributed by atoms with E-state index < -0.39 is 52.5 Å². The van der Waals surface area contributed by atoms with Gasteiger partial charge in [0, 0.05) is 17.9 Å². The lowest BCUT2D eigenvalue weighted by atomic mass is 10.3. The SMILES string of the molecule is CCCC(=O)OC[C@@H]1OC(n2cc(F)c(N)nc2=O)CS1.CCCCN.Nc1nc(=O)n(C2CS[C@H](CO)O2)cc1F. The highest BCUT2D eigenvalue weighted by Crippen LogP contribution is 2.32. The third kappa shape index (κ3) is 10.8. The Bertz CT molecular complexity index is 1270. The zero-order valence-corrected chi connectivity index (χ0v) is 25.0. The summed E-state index contributed by atoms with van der Waals surface area (Å²) in [6.45, 7) is 4.80. The number of carbonyl (C=O) groups excluding carboxylic acids is 1. The van der Waals surface area contributed by atoms with Crippen molar-refractivity contribution in [1.82, 2.24) is 19.1 Å². The number of aliphatic hydroxyl groups excluding tert-OH is 1. The van der Waals surface area contributed by atoms with E-state index in [9.17, 15) is 23.2 Å². The number of rotatable bonds is 9. The molecule has 0 saturated carbocycles. The maximum Gasteiger partial charge on any atom is 0.351 e. The van der Waals surface area contributed by atoms with Crippen LogP contribution in [-0.4, -0.2) is 72.3 Å². The fourth-order valence-electron chi connectivity index (χ4n) is 3.33. The smallest absolute Gasteiger partial charge is 0.351 e. The minimum Gasteiger partial charge on any atom is -0.462 e. The third-order valence-electron chi connectivity index (χ3n) is 5.50. The molecule has 7 N–H and O–H groups in total. The molecular formula is C24H37F2N7O7S2. The van der Waals surface area contributed by atoms with Gasteiger partial charge in [-0.3, -0.25) is 13.9 Å². The highest BCUT2D eigenvalue weighted by molar-refractivity contribution is 8.00. The molecule has 4 atom stereocenters. The summed E-state index contributed by atoms with van der Waals surface area (Å²) in [6, 6.07) is 0. The molecule has 2 aromatic heterocycles. The van der Waals surface area contributed by atoms with Crippen LogP contribution in [0.25, 0.3) is 0 Å². The predicted octanol–water partition coefficient (Wildman–Crippen LogP) is 1.19. The maximum absolute atomic E-state index is 13.4. The number of nitrogens with zero attached hydrogens (tertiary/aromatic N) is 4. The van der Waals surface area contributed by atoms with Crippen LogP contribution in [0.15, 0.2) is 22.0 Å². The number of anilines is 2. The summed E-state index contributed by atoms with van der Waals surface area (Å²) >= 11 is 2.73. The van der Waals surface area contributed by atoms with Crippen LogP contribution in [0.1, 0.15) is 52.0 Å². The van der Waals surface area contributed by atoms with Gasteiger partial charge in [0.25, 0.3) is 0 Å². The van der Waals surface area contributed by atoms with Gasteiger partial charge in [0.15, 0.2) is 23.3 Å². The van der Waals surface area contributed by atoms with Crippen LogP contribution in [-0.2, 0) is 19.0 Å². The van der Waals surface area contributed by atoms with Crippen molar-refractivity contribution in [2.24, 2.45) is 5.73 Å². The zero-order chi connectivity index (χ0) is 31.2. The van der Waals surface area contributed by atoms with Gasteiger partial charge in [-0.05, 0) is 19.4 Å². The normalized spacial score (nSPS) is 21.2. The molecule has 0 spiro atoms. The number of thioether (sulfide) groups is 2. The lowest BCUT2D eigenvalue weighted by molar-refractivity contribution is -0.146. The molecule has 0 aliphatic carbocycles. The average molecular weight is 638 g/mol. The average Bonchev–Trinajstić information content (AvgIpc) is 3.63. The first-order valence-electron chi connectivity index (χ1n) is 13.1. The van der Waals surface area contributed by atoms with Crippen LogP contribution >= 0.6 is 23.5 Å². The van der Waals surface area contributed by atoms with Gasteiger partial charge in [-0.2, -0.15) is 9.97 Å². The Kier molecular flexibility index (Phi) is 15.2. The molecule has 4 heterocycles. The molecule has 2 aliphatic heterocycles. The highest BCUT2D eigenvalue weighted by Gasteiger charge is 2.30. The van der Waals surface area contributed by atoms with Gasteiger partial charge in [-0.1, -0.05) is 20.3 Å². The molecule has 2 unspecified atom stereocenters. The molecule has 2 aliphatic rings. The summed E-state index contributed by atoms with van der Waals surface area (Å²) in [5.41, 5.74) is 13.4. The number of esters is 1. The second-order valence-electron chi connectivity index (χ2n) is 8.79. The van der Waals surface area contributed by atoms with Crippen molar-refractivity contribution in [2.75, 3.05) is 42.7 Å². The summed E-state index contributed by atoms with van der Waals surface area (Å²) < 4.78 is 44.5. The number of hydrogen-bond donors (Lipinski definition) is 4. The van der Waals surface area contributed by atoms with Crippen molar-refractivity contribution < 1.29 is 32.9 Å². The van der Waals surface area contributed by atoms with Gasteiger partial charge >= 0.3 is 17.3 Å². The van der Waals surface area contributed by atoms with E-state index in [1.54, 1.807) is 0 Å². The number of nitrogens with two attached hydrogens (primary N) is 3. The summed E-state index contributed by atoms with van der Waals surface area (Å²) in [5, 5.41) is 8.86. The molecule has 2 aromatic rings. The molecular weight excluding hydrogens is 600 g/mol. The molecule has 0 radical (unpaired) electrons. The van der Waals surface area contributed by atoms with E-state index in [1.165, 1.54) is 36.4 Å². The first kappa shape index (κ1) is 35.4. The number of ether oxygens (including phenoxy) is 3. The summed E-state index contributed by atoms with van der Waals surface area (Å²) in [5.74, 6) is -1.81. The quantitative estimate of drug-likeness (QED) is 0.284. The van der Waals surface area contributed by atoms with Crippen molar-refractivity contribution in [3.05, 3.63) is 45.0 Å². The van der Waals surface area contributed by atoms with Gasteiger partial charge in [-0.15, -0.1) is 23.5 Å². The van der Waals surface area contributed by atoms with Gasteiger partial charge < -0.3 is 36.5 Å². The monoisotopic (exact) mass is 637 g/mol. The van der Waals surface area contributed by atoms with E-state index in [2.05, 4.69) is 16.9 Å². The number of unbranched alkanes of at least 4 members (excludes halogenated alkanes) is 1. The zero-order valence-electron chi connectivity index (χ0n) is 23.3. The molecule has 14 nitrogen and oxygen atoms in total.